The van der Waals surface area contributed by atoms with Crippen molar-refractivity contribution >= 4 is 23.3 Å². The molecule has 0 bridgehead atoms. The molecule has 2 rings (SSSR count). The lowest BCUT2D eigenvalue weighted by molar-refractivity contribution is -0.124. The van der Waals surface area contributed by atoms with Gasteiger partial charge in [-0.1, -0.05) is 18.2 Å². The first-order chi connectivity index (χ1) is 11.9. The smallest absolute Gasteiger partial charge is 0.243 e. The van der Waals surface area contributed by atoms with Gasteiger partial charge in [0.25, 0.3) is 0 Å². The van der Waals surface area contributed by atoms with E-state index in [1.165, 1.54) is 0 Å². The fraction of sp³-hybridized carbons (Fsp3) is 0.316. The van der Waals surface area contributed by atoms with Gasteiger partial charge in [0.05, 0.1) is 12.6 Å². The predicted molar refractivity (Wildman–Crippen MR) is 99.5 cm³/mol. The van der Waals surface area contributed by atoms with E-state index in [-0.39, 0.29) is 18.4 Å². The van der Waals surface area contributed by atoms with Gasteiger partial charge in [0, 0.05) is 18.9 Å². The summed E-state index contributed by atoms with van der Waals surface area (Å²) in [6.07, 6.45) is 1.65. The number of nitrogens with one attached hydrogen (secondary N) is 1. The molecule has 132 valence electrons. The zero-order valence-corrected chi connectivity index (χ0v) is 15.1. The molecule has 0 aliphatic heterocycles. The van der Waals surface area contributed by atoms with E-state index in [0.29, 0.717) is 5.82 Å². The summed E-state index contributed by atoms with van der Waals surface area (Å²) in [5.41, 5.74) is 1.84. The van der Waals surface area contributed by atoms with Crippen LogP contribution in [0.25, 0.3) is 0 Å². The summed E-state index contributed by atoms with van der Waals surface area (Å²) in [4.78, 5) is 32.2. The van der Waals surface area contributed by atoms with Gasteiger partial charge in [-0.05, 0) is 50.7 Å². The van der Waals surface area contributed by atoms with Crippen molar-refractivity contribution in [2.45, 2.75) is 19.9 Å². The molecule has 6 heteroatoms. The summed E-state index contributed by atoms with van der Waals surface area (Å²) < 4.78 is 0. The van der Waals surface area contributed by atoms with E-state index in [9.17, 15) is 9.59 Å². The Labute approximate surface area is 148 Å². The number of carbonyl (C=O) groups excluding carboxylic acids is 2. The van der Waals surface area contributed by atoms with Crippen molar-refractivity contribution in [1.82, 2.24) is 9.88 Å². The highest BCUT2D eigenvalue weighted by Crippen LogP contribution is 2.14. The Morgan fingerprint density at radius 3 is 2.48 bits per heavy atom. The van der Waals surface area contributed by atoms with Crippen LogP contribution in [0.3, 0.4) is 0 Å². The van der Waals surface area contributed by atoms with Crippen LogP contribution in [0.4, 0.5) is 11.5 Å². The van der Waals surface area contributed by atoms with Crippen LogP contribution in [-0.4, -0.2) is 48.4 Å². The monoisotopic (exact) mass is 340 g/mol. The van der Waals surface area contributed by atoms with Gasteiger partial charge < -0.3 is 10.2 Å². The maximum atomic E-state index is 12.6. The van der Waals surface area contributed by atoms with Gasteiger partial charge in [-0.25, -0.2) is 4.98 Å². The minimum atomic E-state index is -0.429. The third-order valence-electron chi connectivity index (χ3n) is 4.07. The lowest BCUT2D eigenvalue weighted by atomic mass is 10.2. The van der Waals surface area contributed by atoms with Crippen molar-refractivity contribution in [1.29, 1.82) is 0 Å². The molecule has 0 spiro atoms. The summed E-state index contributed by atoms with van der Waals surface area (Å²) in [6.45, 7) is 3.83. The highest BCUT2D eigenvalue weighted by molar-refractivity contribution is 5.97. The van der Waals surface area contributed by atoms with Crippen molar-refractivity contribution in [3.8, 4) is 0 Å². The van der Waals surface area contributed by atoms with E-state index >= 15 is 0 Å². The average Bonchev–Trinajstić information content (AvgIpc) is 2.60. The Morgan fingerprint density at radius 1 is 1.16 bits per heavy atom. The molecule has 0 radical (unpaired) electrons. The standard InChI is InChI=1S/C19H24N4O2/c1-14-10-11-20-17(12-14)21-18(24)13-22(3)15(2)19(25)23(4)16-8-6-5-7-9-16/h5-12,15H,13H2,1-4H3,(H,20,21,24)/t15-/m0/s1. The molecule has 0 saturated carbocycles. The van der Waals surface area contributed by atoms with Crippen molar-refractivity contribution in [3.63, 3.8) is 0 Å². The van der Waals surface area contributed by atoms with E-state index in [0.717, 1.165) is 11.3 Å². The topological polar surface area (TPSA) is 65.5 Å². The lowest BCUT2D eigenvalue weighted by Crippen LogP contribution is -2.46. The molecule has 0 aliphatic carbocycles. The highest BCUT2D eigenvalue weighted by Gasteiger charge is 2.24. The van der Waals surface area contributed by atoms with Crippen molar-refractivity contribution in [3.05, 3.63) is 54.2 Å². The molecular formula is C19H24N4O2. The summed E-state index contributed by atoms with van der Waals surface area (Å²) in [5.74, 6) is 0.233. The summed E-state index contributed by atoms with van der Waals surface area (Å²) in [5, 5.41) is 2.75. The number of amides is 2. The number of nitrogens with zero attached hydrogens (tertiary/aromatic N) is 3. The molecule has 2 aromatic rings. The SMILES string of the molecule is Cc1ccnc(NC(=O)CN(C)[C@@H](C)C(=O)N(C)c2ccccc2)c1. The zero-order chi connectivity index (χ0) is 18.4. The third-order valence-corrected chi connectivity index (χ3v) is 4.07. The average molecular weight is 340 g/mol. The van der Waals surface area contributed by atoms with Crippen LogP contribution in [0.5, 0.6) is 0 Å². The Balaban J connectivity index is 1.93. The molecule has 0 saturated heterocycles. The first-order valence-electron chi connectivity index (χ1n) is 8.14. The molecule has 0 unspecified atom stereocenters. The number of hydrogen-bond donors (Lipinski definition) is 1. The maximum Gasteiger partial charge on any atom is 0.243 e. The molecule has 25 heavy (non-hydrogen) atoms. The van der Waals surface area contributed by atoms with Gasteiger partial charge >= 0.3 is 0 Å². The number of benzene rings is 1. The molecule has 1 aromatic heterocycles. The van der Waals surface area contributed by atoms with Gasteiger partial charge in [0.15, 0.2) is 0 Å². The number of rotatable bonds is 6. The Morgan fingerprint density at radius 2 is 1.84 bits per heavy atom. The largest absolute Gasteiger partial charge is 0.314 e. The van der Waals surface area contributed by atoms with E-state index in [4.69, 9.17) is 0 Å². The number of aromatic nitrogens is 1. The molecule has 1 atom stereocenters. The zero-order valence-electron chi connectivity index (χ0n) is 15.1. The molecule has 1 N–H and O–H groups in total. The van der Waals surface area contributed by atoms with E-state index in [2.05, 4.69) is 10.3 Å². The molecule has 2 amide bonds. The normalized spacial score (nSPS) is 11.9. The Bertz CT molecular complexity index is 733. The van der Waals surface area contributed by atoms with Crippen LogP contribution in [0.2, 0.25) is 0 Å². The molecular weight excluding hydrogens is 316 g/mol. The summed E-state index contributed by atoms with van der Waals surface area (Å²) in [6, 6.07) is 12.7. The number of para-hydroxylation sites is 1. The van der Waals surface area contributed by atoms with Gasteiger partial charge in [-0.2, -0.15) is 0 Å². The van der Waals surface area contributed by atoms with Crippen LogP contribution >= 0.6 is 0 Å². The van der Waals surface area contributed by atoms with Crippen molar-refractivity contribution in [2.24, 2.45) is 0 Å². The fourth-order valence-corrected chi connectivity index (χ4v) is 2.40. The van der Waals surface area contributed by atoms with E-state index in [1.807, 2.05) is 43.3 Å². The van der Waals surface area contributed by atoms with Crippen LogP contribution in [0.1, 0.15) is 12.5 Å². The molecule has 0 fully saturated rings. The van der Waals surface area contributed by atoms with Crippen molar-refractivity contribution in [2.75, 3.05) is 30.9 Å². The summed E-state index contributed by atoms with van der Waals surface area (Å²) in [7, 11) is 3.49. The quantitative estimate of drug-likeness (QED) is 0.876. The highest BCUT2D eigenvalue weighted by atomic mass is 16.2. The van der Waals surface area contributed by atoms with Gasteiger partial charge in [0.2, 0.25) is 11.8 Å². The number of aryl methyl sites for hydroxylation is 1. The number of pyridine rings is 1. The second-order valence-electron chi connectivity index (χ2n) is 6.09. The first kappa shape index (κ1) is 18.6. The predicted octanol–water partition coefficient (Wildman–Crippen LogP) is 2.31. The maximum absolute atomic E-state index is 12.6. The minimum absolute atomic E-state index is 0.0739. The third kappa shape index (κ3) is 5.12. The molecule has 1 aromatic carbocycles. The van der Waals surface area contributed by atoms with Crippen molar-refractivity contribution < 1.29 is 9.59 Å². The van der Waals surface area contributed by atoms with Crippen LogP contribution in [0.15, 0.2) is 48.7 Å². The minimum Gasteiger partial charge on any atom is -0.314 e. The Kier molecular flexibility index (Phi) is 6.25. The van der Waals surface area contributed by atoms with Crippen LogP contribution < -0.4 is 10.2 Å². The van der Waals surface area contributed by atoms with E-state index in [1.54, 1.807) is 43.1 Å². The van der Waals surface area contributed by atoms with Gasteiger partial charge in [-0.15, -0.1) is 0 Å². The molecule has 6 nitrogen and oxygen atoms in total. The van der Waals surface area contributed by atoms with Crippen LogP contribution in [-0.2, 0) is 9.59 Å². The second-order valence-corrected chi connectivity index (χ2v) is 6.09. The number of carbonyl (C=O) groups is 2. The van der Waals surface area contributed by atoms with Crippen LogP contribution in [0, 0.1) is 6.92 Å². The molecule has 0 aliphatic rings. The van der Waals surface area contributed by atoms with E-state index < -0.39 is 6.04 Å². The first-order valence-corrected chi connectivity index (χ1v) is 8.14. The number of likely N-dealkylation sites (N-methyl/N-ethyl adjacent to an activating group) is 2. The second kappa shape index (κ2) is 8.39. The summed E-state index contributed by atoms with van der Waals surface area (Å²) >= 11 is 0. The van der Waals surface area contributed by atoms with Gasteiger partial charge in [0.1, 0.15) is 5.82 Å². The van der Waals surface area contributed by atoms with Gasteiger partial charge in [-0.3, -0.25) is 14.5 Å². The number of hydrogen-bond acceptors (Lipinski definition) is 4. The lowest BCUT2D eigenvalue weighted by Gasteiger charge is -2.27. The molecule has 1 heterocycles. The fourth-order valence-electron chi connectivity index (χ4n) is 2.40. The Hall–Kier alpha value is -2.73. The number of anilines is 2.